The predicted octanol–water partition coefficient (Wildman–Crippen LogP) is 7.36. The van der Waals surface area contributed by atoms with E-state index in [2.05, 4.69) is 94.5 Å². The molecule has 0 N–H and O–H groups in total. The van der Waals surface area contributed by atoms with Crippen molar-refractivity contribution in [3.63, 3.8) is 0 Å². The van der Waals surface area contributed by atoms with Gasteiger partial charge >= 0.3 is 0 Å². The van der Waals surface area contributed by atoms with Crippen LogP contribution in [-0.4, -0.2) is 14.4 Å². The van der Waals surface area contributed by atoms with Gasteiger partial charge in [0.05, 0.1) is 22.1 Å². The number of rotatable bonds is 1. The summed E-state index contributed by atoms with van der Waals surface area (Å²) in [4.78, 5) is 9.87. The first-order valence-electron chi connectivity index (χ1n) is 10.7. The van der Waals surface area contributed by atoms with Crippen LogP contribution in [0.25, 0.3) is 38.5 Å². The number of pyridine rings is 2. The summed E-state index contributed by atoms with van der Waals surface area (Å²) in [6.45, 7) is 14.1. The van der Waals surface area contributed by atoms with Crippen molar-refractivity contribution >= 4 is 38.5 Å². The molecule has 5 aromatic rings. The minimum Gasteiger partial charge on any atom is -0.292 e. The van der Waals surface area contributed by atoms with Gasteiger partial charge in [-0.25, -0.2) is 4.98 Å². The summed E-state index contributed by atoms with van der Waals surface area (Å²) in [6.07, 6.45) is 1.90. The third-order valence-electron chi connectivity index (χ3n) is 6.20. The van der Waals surface area contributed by atoms with E-state index in [-0.39, 0.29) is 10.8 Å². The summed E-state index contributed by atoms with van der Waals surface area (Å²) in [5, 5.41) is 2.36. The van der Waals surface area contributed by atoms with Crippen molar-refractivity contribution in [2.75, 3.05) is 0 Å². The summed E-state index contributed by atoms with van der Waals surface area (Å²) in [6, 6.07) is 19.3. The topological polar surface area (TPSA) is 30.2 Å². The summed E-state index contributed by atoms with van der Waals surface area (Å²) in [5.74, 6) is 0.367. The smallest absolute Gasteiger partial charge is 0.147 e. The molecular weight excluding hydrogens is 366 g/mol. The fourth-order valence-corrected chi connectivity index (χ4v) is 5.71. The van der Waals surface area contributed by atoms with Crippen LogP contribution in [0.3, 0.4) is 0 Å². The van der Waals surface area contributed by atoms with Crippen LogP contribution in [0.5, 0.6) is 0 Å². The van der Waals surface area contributed by atoms with Crippen LogP contribution in [0, 0.1) is 10.8 Å². The molecule has 0 fully saturated rings. The lowest BCUT2D eigenvalue weighted by Gasteiger charge is -2.42. The van der Waals surface area contributed by atoms with E-state index in [4.69, 9.17) is 9.97 Å². The highest BCUT2D eigenvalue weighted by Crippen LogP contribution is 2.50. The molecule has 3 heteroatoms. The van der Waals surface area contributed by atoms with Gasteiger partial charge < -0.3 is 0 Å². The molecular formula is C27H29N3. The highest BCUT2D eigenvalue weighted by Gasteiger charge is 2.37. The Hall–Kier alpha value is -2.94. The second-order valence-corrected chi connectivity index (χ2v) is 10.6. The van der Waals surface area contributed by atoms with Gasteiger partial charge in [0.1, 0.15) is 5.65 Å². The third kappa shape index (κ3) is 2.72. The molecule has 2 aromatic carbocycles. The number of hydrogen-bond donors (Lipinski definition) is 0. The largest absolute Gasteiger partial charge is 0.292 e. The molecule has 30 heavy (non-hydrogen) atoms. The minimum atomic E-state index is 0.111. The van der Waals surface area contributed by atoms with Crippen LogP contribution in [0.15, 0.2) is 60.8 Å². The third-order valence-corrected chi connectivity index (χ3v) is 6.20. The fourth-order valence-electron chi connectivity index (χ4n) is 5.71. The molecule has 0 atom stereocenters. The molecule has 0 radical (unpaired) electrons. The molecule has 0 bridgehead atoms. The van der Waals surface area contributed by atoms with Gasteiger partial charge in [0.15, 0.2) is 0 Å². The van der Waals surface area contributed by atoms with E-state index in [9.17, 15) is 0 Å². The van der Waals surface area contributed by atoms with Crippen molar-refractivity contribution in [1.29, 1.82) is 0 Å². The Morgan fingerprint density at radius 2 is 1.47 bits per heavy atom. The molecule has 0 amide bonds. The summed E-state index contributed by atoms with van der Waals surface area (Å²) in [5.41, 5.74) is 6.96. The van der Waals surface area contributed by atoms with E-state index in [0.29, 0.717) is 5.92 Å². The first-order valence-corrected chi connectivity index (χ1v) is 10.7. The van der Waals surface area contributed by atoms with E-state index in [1.165, 1.54) is 16.5 Å². The van der Waals surface area contributed by atoms with Gasteiger partial charge in [0.25, 0.3) is 0 Å². The van der Waals surface area contributed by atoms with Crippen molar-refractivity contribution in [1.82, 2.24) is 14.4 Å². The van der Waals surface area contributed by atoms with Gasteiger partial charge in [-0.15, -0.1) is 0 Å². The van der Waals surface area contributed by atoms with Crippen molar-refractivity contribution in [2.24, 2.45) is 10.8 Å². The van der Waals surface area contributed by atoms with Gasteiger partial charge in [-0.1, -0.05) is 65.8 Å². The van der Waals surface area contributed by atoms with Gasteiger partial charge in [-0.3, -0.25) is 9.38 Å². The molecule has 152 valence electrons. The van der Waals surface area contributed by atoms with Crippen molar-refractivity contribution in [2.45, 2.75) is 47.5 Å². The summed E-state index contributed by atoms with van der Waals surface area (Å²) in [7, 11) is 0. The zero-order valence-corrected chi connectivity index (χ0v) is 18.7. The normalized spacial score (nSPS) is 13.3. The monoisotopic (exact) mass is 395 g/mol. The Kier molecular flexibility index (Phi) is 3.99. The SMILES string of the molecule is CC(C)(C)C(c1cccc2c1c1ncccc1c1nc3ccccc3n21)C(C)(C)C. The lowest BCUT2D eigenvalue weighted by Crippen LogP contribution is -2.30. The average Bonchev–Trinajstić information content (AvgIpc) is 3.06. The van der Waals surface area contributed by atoms with Crippen molar-refractivity contribution in [3.05, 3.63) is 66.4 Å². The Morgan fingerprint density at radius 1 is 0.767 bits per heavy atom. The maximum Gasteiger partial charge on any atom is 0.147 e. The number of nitrogens with zero attached hydrogens (tertiary/aromatic N) is 3. The summed E-state index contributed by atoms with van der Waals surface area (Å²) < 4.78 is 2.32. The molecule has 3 heterocycles. The molecule has 3 aromatic heterocycles. The lowest BCUT2D eigenvalue weighted by molar-refractivity contribution is 0.177. The zero-order valence-electron chi connectivity index (χ0n) is 18.7. The van der Waals surface area contributed by atoms with Crippen molar-refractivity contribution < 1.29 is 0 Å². The second-order valence-electron chi connectivity index (χ2n) is 10.6. The number of aromatic nitrogens is 3. The quantitative estimate of drug-likeness (QED) is 0.277. The van der Waals surface area contributed by atoms with Gasteiger partial charge in [0, 0.05) is 17.0 Å². The van der Waals surface area contributed by atoms with Gasteiger partial charge in [-0.2, -0.15) is 0 Å². The number of benzene rings is 2. The molecule has 0 aliphatic rings. The standard InChI is InChI=1S/C27H29N3/c1-26(2,3)24(27(4,5)6)17-11-9-15-21-22(17)23-18(12-10-16-28-23)25-29-19-13-7-8-14-20(19)30(21)25/h7-16,24H,1-6H3. The highest BCUT2D eigenvalue weighted by atomic mass is 15.0. The number of fused-ring (bicyclic) bond motifs is 8. The maximum atomic E-state index is 4.99. The summed E-state index contributed by atoms with van der Waals surface area (Å²) >= 11 is 0. The van der Waals surface area contributed by atoms with Crippen LogP contribution >= 0.6 is 0 Å². The van der Waals surface area contributed by atoms with E-state index >= 15 is 0 Å². The first kappa shape index (κ1) is 19.0. The molecule has 5 rings (SSSR count). The van der Waals surface area contributed by atoms with E-state index < -0.39 is 0 Å². The molecule has 0 unspecified atom stereocenters. The van der Waals surface area contributed by atoms with Crippen LogP contribution in [0.2, 0.25) is 0 Å². The molecule has 0 spiro atoms. The Bertz CT molecular complexity index is 1400. The fraction of sp³-hybridized carbons (Fsp3) is 0.333. The molecule has 0 aliphatic carbocycles. The van der Waals surface area contributed by atoms with Crippen LogP contribution in [0.1, 0.15) is 53.0 Å². The lowest BCUT2D eigenvalue weighted by atomic mass is 9.63. The zero-order chi connectivity index (χ0) is 21.3. The van der Waals surface area contributed by atoms with Crippen LogP contribution in [0.4, 0.5) is 0 Å². The number of hydrogen-bond acceptors (Lipinski definition) is 2. The Labute approximate surface area is 177 Å². The van der Waals surface area contributed by atoms with Gasteiger partial charge in [0.2, 0.25) is 0 Å². The maximum absolute atomic E-state index is 4.99. The molecule has 0 aliphatic heterocycles. The number of para-hydroxylation sites is 2. The van der Waals surface area contributed by atoms with E-state index in [1.807, 2.05) is 12.3 Å². The molecule has 0 saturated carbocycles. The highest BCUT2D eigenvalue weighted by molar-refractivity contribution is 6.13. The average molecular weight is 396 g/mol. The van der Waals surface area contributed by atoms with Crippen molar-refractivity contribution in [3.8, 4) is 0 Å². The van der Waals surface area contributed by atoms with Crippen LogP contribution < -0.4 is 0 Å². The Balaban J connectivity index is 2.06. The molecule has 3 nitrogen and oxygen atoms in total. The molecule has 0 saturated heterocycles. The van der Waals surface area contributed by atoms with Gasteiger partial charge in [-0.05, 0) is 52.6 Å². The predicted molar refractivity (Wildman–Crippen MR) is 127 cm³/mol. The second kappa shape index (κ2) is 6.28. The first-order chi connectivity index (χ1) is 14.2. The van der Waals surface area contributed by atoms with Crippen LogP contribution in [-0.2, 0) is 0 Å². The van der Waals surface area contributed by atoms with E-state index in [1.54, 1.807) is 0 Å². The Morgan fingerprint density at radius 3 is 2.20 bits per heavy atom. The van der Waals surface area contributed by atoms with E-state index in [0.717, 1.165) is 27.6 Å². The number of imidazole rings is 1. The minimum absolute atomic E-state index is 0.111.